The molecule has 4 aliphatic rings. The van der Waals surface area contributed by atoms with Crippen molar-refractivity contribution in [2.45, 2.75) is 31.8 Å². The van der Waals surface area contributed by atoms with Crippen LogP contribution in [0.4, 0.5) is 20.3 Å². The smallest absolute Gasteiger partial charge is 0.253 e. The topological polar surface area (TPSA) is 100 Å². The van der Waals surface area contributed by atoms with E-state index in [-0.39, 0.29) is 30.7 Å². The second kappa shape index (κ2) is 6.77. The first-order valence-electron chi connectivity index (χ1n) is 10.4. The maximum absolute atomic E-state index is 13.4. The molecular weight excluding hydrogens is 430 g/mol. The molecule has 4 atom stereocenters. The van der Waals surface area contributed by atoms with E-state index < -0.39 is 28.9 Å². The van der Waals surface area contributed by atoms with Crippen LogP contribution >= 0.6 is 11.0 Å². The third-order valence-electron chi connectivity index (χ3n) is 6.81. The Morgan fingerprint density at radius 2 is 2.06 bits per heavy atom. The maximum atomic E-state index is 13.4. The predicted octanol–water partition coefficient (Wildman–Crippen LogP) is 2.82. The van der Waals surface area contributed by atoms with Crippen molar-refractivity contribution < 1.29 is 27.8 Å². The highest BCUT2D eigenvalue weighted by atomic mass is 32.3. The average molecular weight is 457 g/mol. The molecule has 11 heteroatoms. The molecule has 170 valence electrons. The number of carbonyl (C=O) groups is 1. The number of anilines is 2. The highest BCUT2D eigenvalue weighted by molar-refractivity contribution is 8.26. The van der Waals surface area contributed by atoms with Gasteiger partial charge in [-0.3, -0.25) is 13.9 Å². The third kappa shape index (κ3) is 3.29. The Hall–Kier alpha value is -1.95. The molecule has 1 amide bonds. The van der Waals surface area contributed by atoms with Gasteiger partial charge in [-0.2, -0.15) is 0 Å². The second-order valence-corrected chi connectivity index (χ2v) is 11.0. The van der Waals surface area contributed by atoms with Gasteiger partial charge in [-0.1, -0.05) is 6.08 Å². The number of allylic oxidation sites excluding steroid dienone is 1. The Morgan fingerprint density at radius 3 is 2.68 bits per heavy atom. The lowest BCUT2D eigenvalue weighted by Gasteiger charge is -2.41. The molecule has 3 N–H and O–H groups in total. The number of aromatic nitrogens is 1. The van der Waals surface area contributed by atoms with Crippen molar-refractivity contribution in [1.29, 1.82) is 0 Å². The monoisotopic (exact) mass is 456 g/mol. The number of pyridine rings is 1. The van der Waals surface area contributed by atoms with E-state index >= 15 is 0 Å². The molecule has 0 bridgehead atoms. The Bertz CT molecular complexity index is 972. The second-order valence-electron chi connectivity index (χ2n) is 8.99. The molecule has 1 saturated carbocycles. The van der Waals surface area contributed by atoms with Crippen molar-refractivity contribution in [3.05, 3.63) is 23.9 Å². The molecule has 0 aromatic carbocycles. The maximum Gasteiger partial charge on any atom is 0.253 e. The molecule has 8 nitrogen and oxygen atoms in total. The van der Waals surface area contributed by atoms with Gasteiger partial charge in [-0.15, -0.1) is 0 Å². The number of amides is 1. The number of aliphatic hydroxyl groups excluding tert-OH is 1. The minimum atomic E-state index is -3.43. The van der Waals surface area contributed by atoms with Gasteiger partial charge < -0.3 is 10.0 Å². The van der Waals surface area contributed by atoms with Crippen LogP contribution in [-0.2, 0) is 4.79 Å². The largest absolute Gasteiger partial charge is 0.384 e. The van der Waals surface area contributed by atoms with Gasteiger partial charge in [0.25, 0.3) is 11.8 Å². The van der Waals surface area contributed by atoms with Gasteiger partial charge in [0.15, 0.2) is 5.82 Å². The van der Waals surface area contributed by atoms with Crippen molar-refractivity contribution in [3.63, 3.8) is 0 Å². The SMILES string of the molecule is CC(O)C(=O)N1CC2C=C(c3ccc4c(n3)N(C)S(O)(O)N4CC3CC3(F)F)CC2C1. The number of likely N-dealkylation sites (tertiary alicyclic amines) is 1. The van der Waals surface area contributed by atoms with Crippen LogP contribution < -0.4 is 8.61 Å². The summed E-state index contributed by atoms with van der Waals surface area (Å²) in [4.78, 5) is 18.4. The lowest BCUT2D eigenvalue weighted by atomic mass is 9.99. The summed E-state index contributed by atoms with van der Waals surface area (Å²) in [5.74, 6) is -3.07. The molecule has 1 saturated heterocycles. The molecule has 31 heavy (non-hydrogen) atoms. The standard InChI is InChI=1S/C20H26F2N4O4S/c1-11(27)19(28)25-8-13-5-12(6-14(13)9-25)16-3-4-17-18(23-16)24(2)31(29,30)26(17)10-15-7-20(15,21)22/h3-5,11,13-15,27,29-30H,6-10H2,1-2H3. The van der Waals surface area contributed by atoms with Crippen LogP contribution in [0.15, 0.2) is 18.2 Å². The normalized spacial score (nSPS) is 31.9. The van der Waals surface area contributed by atoms with E-state index in [0.29, 0.717) is 30.3 Å². The molecule has 1 aromatic rings. The number of alkyl halides is 2. The molecule has 4 unspecified atom stereocenters. The molecule has 1 aromatic heterocycles. The third-order valence-corrected chi connectivity index (χ3v) is 8.66. The summed E-state index contributed by atoms with van der Waals surface area (Å²) in [5.41, 5.74) is 2.18. The first-order valence-corrected chi connectivity index (χ1v) is 11.8. The van der Waals surface area contributed by atoms with Crippen molar-refractivity contribution in [2.75, 3.05) is 35.3 Å². The van der Waals surface area contributed by atoms with E-state index in [9.17, 15) is 27.8 Å². The van der Waals surface area contributed by atoms with E-state index in [1.165, 1.54) is 22.6 Å². The lowest BCUT2D eigenvalue weighted by molar-refractivity contribution is -0.138. The Labute approximate surface area is 180 Å². The highest BCUT2D eigenvalue weighted by Gasteiger charge is 2.59. The summed E-state index contributed by atoms with van der Waals surface area (Å²) in [5, 5.41) is 9.53. The number of nitrogens with zero attached hydrogens (tertiary/aromatic N) is 4. The zero-order chi connectivity index (χ0) is 22.3. The Morgan fingerprint density at radius 1 is 1.35 bits per heavy atom. The van der Waals surface area contributed by atoms with E-state index in [0.717, 1.165) is 12.0 Å². The van der Waals surface area contributed by atoms with Crippen LogP contribution in [0.5, 0.6) is 0 Å². The molecule has 2 fully saturated rings. The summed E-state index contributed by atoms with van der Waals surface area (Å²) < 4.78 is 50.6. The fourth-order valence-corrected chi connectivity index (χ4v) is 6.30. The molecule has 0 spiro atoms. The summed E-state index contributed by atoms with van der Waals surface area (Å²) in [7, 11) is -1.92. The van der Waals surface area contributed by atoms with Crippen molar-refractivity contribution in [3.8, 4) is 0 Å². The molecular formula is C20H26F2N4O4S. The fourth-order valence-electron chi connectivity index (χ4n) is 4.85. The van der Waals surface area contributed by atoms with E-state index in [4.69, 9.17) is 0 Å². The first-order chi connectivity index (χ1) is 14.5. The van der Waals surface area contributed by atoms with Crippen LogP contribution in [0.3, 0.4) is 0 Å². The minimum Gasteiger partial charge on any atom is -0.384 e. The number of carbonyl (C=O) groups excluding carboxylic acids is 1. The number of fused-ring (bicyclic) bond motifs is 2. The fraction of sp³-hybridized carbons (Fsp3) is 0.600. The number of halogens is 2. The van der Waals surface area contributed by atoms with Crippen molar-refractivity contribution >= 4 is 33.9 Å². The van der Waals surface area contributed by atoms with Gasteiger partial charge in [-0.25, -0.2) is 22.4 Å². The molecule has 2 aliphatic carbocycles. The van der Waals surface area contributed by atoms with Crippen LogP contribution in [0, 0.1) is 17.8 Å². The zero-order valence-electron chi connectivity index (χ0n) is 17.3. The number of hydrogen-bond acceptors (Lipinski definition) is 7. The van der Waals surface area contributed by atoms with Gasteiger partial charge >= 0.3 is 0 Å². The number of rotatable bonds is 4. The van der Waals surface area contributed by atoms with E-state index in [2.05, 4.69) is 11.1 Å². The van der Waals surface area contributed by atoms with Crippen LogP contribution in [-0.4, -0.2) is 68.7 Å². The van der Waals surface area contributed by atoms with Gasteiger partial charge in [0.1, 0.15) is 11.8 Å². The van der Waals surface area contributed by atoms with Gasteiger partial charge in [-0.05, 0) is 53.8 Å². The van der Waals surface area contributed by atoms with Crippen LogP contribution in [0.1, 0.15) is 25.5 Å². The molecule has 2 aliphatic heterocycles. The molecule has 3 heterocycles. The van der Waals surface area contributed by atoms with Gasteiger partial charge in [0.2, 0.25) is 0 Å². The van der Waals surface area contributed by atoms with Gasteiger partial charge in [0, 0.05) is 39.0 Å². The van der Waals surface area contributed by atoms with Gasteiger partial charge in [0.05, 0.1) is 5.69 Å². The zero-order valence-corrected chi connectivity index (χ0v) is 18.1. The number of aliphatic hydroxyl groups is 1. The quantitative estimate of drug-likeness (QED) is 0.641. The van der Waals surface area contributed by atoms with Crippen molar-refractivity contribution in [2.24, 2.45) is 17.8 Å². The molecule has 5 rings (SSSR count). The first kappa shape index (κ1) is 20.9. The van der Waals surface area contributed by atoms with Crippen LogP contribution in [0.2, 0.25) is 0 Å². The molecule has 0 radical (unpaired) electrons. The summed E-state index contributed by atoms with van der Waals surface area (Å²) >= 11 is 0. The Kier molecular flexibility index (Phi) is 4.57. The van der Waals surface area contributed by atoms with E-state index in [1.807, 2.05) is 0 Å². The van der Waals surface area contributed by atoms with Crippen LogP contribution in [0.25, 0.3) is 5.57 Å². The number of hydrogen-bond donors (Lipinski definition) is 3. The highest BCUT2D eigenvalue weighted by Crippen LogP contribution is 2.62. The lowest BCUT2D eigenvalue weighted by Crippen LogP contribution is -2.36. The average Bonchev–Trinajstić information content (AvgIpc) is 3.01. The minimum absolute atomic E-state index is 0.131. The van der Waals surface area contributed by atoms with Crippen molar-refractivity contribution in [1.82, 2.24) is 9.88 Å². The summed E-state index contributed by atoms with van der Waals surface area (Å²) in [6, 6.07) is 3.51. The summed E-state index contributed by atoms with van der Waals surface area (Å²) in [6.45, 7) is 2.49. The van der Waals surface area contributed by atoms with E-state index in [1.54, 1.807) is 17.0 Å². The Balaban J connectivity index is 1.36. The predicted molar refractivity (Wildman–Crippen MR) is 114 cm³/mol. The summed E-state index contributed by atoms with van der Waals surface area (Å²) in [6.07, 6.45) is 1.59.